The molecule has 0 aliphatic rings. The third-order valence-electron chi connectivity index (χ3n) is 2.00. The zero-order chi connectivity index (χ0) is 11.5. The molecule has 0 aromatic heterocycles. The summed E-state index contributed by atoms with van der Waals surface area (Å²) >= 11 is 0. The average Bonchev–Trinajstić information content (AvgIpc) is 2.14. The summed E-state index contributed by atoms with van der Waals surface area (Å²) in [4.78, 5) is 11.3. The fraction of sp³-hybridized carbons (Fsp3) is 0.417. The highest BCUT2D eigenvalue weighted by Gasteiger charge is 2.11. The van der Waals surface area contributed by atoms with Crippen LogP contribution in [-0.2, 0) is 11.3 Å². The number of nitrogens with zero attached hydrogens (tertiary/aromatic N) is 1. The molecule has 82 valence electrons. The number of methoxy groups -OCH3 is 1. The van der Waals surface area contributed by atoms with Gasteiger partial charge in [0.1, 0.15) is 6.54 Å². The molecular formula is C12H18NO2+. The van der Waals surface area contributed by atoms with Crippen molar-refractivity contribution in [2.75, 3.05) is 28.3 Å². The van der Waals surface area contributed by atoms with E-state index in [1.54, 1.807) is 6.07 Å². The maximum atomic E-state index is 11.3. The highest BCUT2D eigenvalue weighted by Crippen LogP contribution is 2.10. The quantitative estimate of drug-likeness (QED) is 0.558. The van der Waals surface area contributed by atoms with Crippen molar-refractivity contribution < 1.29 is 14.0 Å². The molecule has 1 rings (SSSR count). The third-order valence-corrected chi connectivity index (χ3v) is 2.00. The molecule has 0 radical (unpaired) electrons. The first-order chi connectivity index (χ1) is 6.92. The lowest BCUT2D eigenvalue weighted by Crippen LogP contribution is -2.33. The van der Waals surface area contributed by atoms with Gasteiger partial charge < -0.3 is 9.22 Å². The zero-order valence-corrected chi connectivity index (χ0v) is 9.78. The van der Waals surface area contributed by atoms with E-state index in [0.717, 1.165) is 16.6 Å². The minimum Gasteiger partial charge on any atom is -0.465 e. The smallest absolute Gasteiger partial charge is 0.337 e. The van der Waals surface area contributed by atoms with E-state index in [1.165, 1.54) is 7.11 Å². The molecule has 0 heterocycles. The van der Waals surface area contributed by atoms with Gasteiger partial charge >= 0.3 is 5.97 Å². The van der Waals surface area contributed by atoms with E-state index in [9.17, 15) is 4.79 Å². The minimum absolute atomic E-state index is 0.279. The van der Waals surface area contributed by atoms with Crippen LogP contribution in [0, 0.1) is 0 Å². The lowest BCUT2D eigenvalue weighted by molar-refractivity contribution is -0.884. The summed E-state index contributed by atoms with van der Waals surface area (Å²) in [6.07, 6.45) is 0. The van der Waals surface area contributed by atoms with E-state index in [0.29, 0.717) is 5.56 Å². The summed E-state index contributed by atoms with van der Waals surface area (Å²) in [7, 11) is 7.75. The minimum atomic E-state index is -0.279. The van der Waals surface area contributed by atoms with Crippen molar-refractivity contribution in [3.8, 4) is 0 Å². The summed E-state index contributed by atoms with van der Waals surface area (Å²) in [6, 6.07) is 7.56. The summed E-state index contributed by atoms with van der Waals surface area (Å²) in [5.41, 5.74) is 1.76. The van der Waals surface area contributed by atoms with Crippen LogP contribution in [0.25, 0.3) is 0 Å². The number of esters is 1. The lowest BCUT2D eigenvalue weighted by atomic mass is 10.1. The second-order valence-corrected chi connectivity index (χ2v) is 4.64. The van der Waals surface area contributed by atoms with Crippen LogP contribution in [0.15, 0.2) is 24.3 Å². The van der Waals surface area contributed by atoms with Crippen molar-refractivity contribution in [3.63, 3.8) is 0 Å². The fourth-order valence-corrected chi connectivity index (χ4v) is 1.46. The third kappa shape index (κ3) is 3.72. The van der Waals surface area contributed by atoms with Crippen molar-refractivity contribution in [1.29, 1.82) is 0 Å². The van der Waals surface area contributed by atoms with Crippen LogP contribution in [-0.4, -0.2) is 38.7 Å². The Hall–Kier alpha value is -1.35. The molecule has 0 N–H and O–H groups in total. The van der Waals surface area contributed by atoms with Gasteiger partial charge in [-0.25, -0.2) is 4.79 Å². The Balaban J connectivity index is 2.88. The summed E-state index contributed by atoms with van der Waals surface area (Å²) < 4.78 is 5.52. The lowest BCUT2D eigenvalue weighted by Gasteiger charge is -2.23. The highest BCUT2D eigenvalue weighted by atomic mass is 16.5. The van der Waals surface area contributed by atoms with Crippen LogP contribution >= 0.6 is 0 Å². The molecule has 0 spiro atoms. The van der Waals surface area contributed by atoms with Gasteiger partial charge in [0.25, 0.3) is 0 Å². The molecule has 0 saturated carbocycles. The number of hydrogen-bond acceptors (Lipinski definition) is 2. The van der Waals surface area contributed by atoms with E-state index in [4.69, 9.17) is 0 Å². The Kier molecular flexibility index (Phi) is 3.48. The summed E-state index contributed by atoms with van der Waals surface area (Å²) in [5.74, 6) is -0.279. The number of hydrogen-bond donors (Lipinski definition) is 0. The first-order valence-corrected chi connectivity index (χ1v) is 4.90. The van der Waals surface area contributed by atoms with Gasteiger partial charge in [0.2, 0.25) is 0 Å². The summed E-state index contributed by atoms with van der Waals surface area (Å²) in [6.45, 7) is 0.894. The van der Waals surface area contributed by atoms with Gasteiger partial charge in [0.15, 0.2) is 0 Å². The molecule has 0 fully saturated rings. The van der Waals surface area contributed by atoms with E-state index >= 15 is 0 Å². The number of carbonyl (C=O) groups is 1. The molecule has 1 aromatic carbocycles. The van der Waals surface area contributed by atoms with Crippen LogP contribution in [0.4, 0.5) is 0 Å². The van der Waals surface area contributed by atoms with Gasteiger partial charge in [-0.05, 0) is 12.1 Å². The topological polar surface area (TPSA) is 26.3 Å². The Morgan fingerprint density at radius 2 is 2.00 bits per heavy atom. The van der Waals surface area contributed by atoms with Gasteiger partial charge in [-0.3, -0.25) is 0 Å². The largest absolute Gasteiger partial charge is 0.465 e. The van der Waals surface area contributed by atoms with Crippen molar-refractivity contribution in [2.45, 2.75) is 6.54 Å². The predicted molar refractivity (Wildman–Crippen MR) is 59.5 cm³/mol. The number of carbonyl (C=O) groups excluding carboxylic acids is 1. The molecule has 3 nitrogen and oxygen atoms in total. The monoisotopic (exact) mass is 208 g/mol. The second-order valence-electron chi connectivity index (χ2n) is 4.64. The van der Waals surface area contributed by atoms with Crippen LogP contribution in [0.3, 0.4) is 0 Å². The molecule has 3 heteroatoms. The zero-order valence-electron chi connectivity index (χ0n) is 9.78. The fourth-order valence-electron chi connectivity index (χ4n) is 1.46. The van der Waals surface area contributed by atoms with Gasteiger partial charge in [0, 0.05) is 5.56 Å². The average molecular weight is 208 g/mol. The van der Waals surface area contributed by atoms with Crippen LogP contribution < -0.4 is 0 Å². The van der Waals surface area contributed by atoms with E-state index in [1.807, 2.05) is 18.2 Å². The van der Waals surface area contributed by atoms with Crippen molar-refractivity contribution in [2.24, 2.45) is 0 Å². The first-order valence-electron chi connectivity index (χ1n) is 4.90. The Morgan fingerprint density at radius 3 is 2.53 bits per heavy atom. The van der Waals surface area contributed by atoms with Crippen molar-refractivity contribution >= 4 is 5.97 Å². The molecule has 0 saturated heterocycles. The van der Waals surface area contributed by atoms with Gasteiger partial charge in [-0.15, -0.1) is 0 Å². The molecule has 0 atom stereocenters. The maximum Gasteiger partial charge on any atom is 0.337 e. The Bertz CT molecular complexity index is 353. The van der Waals surface area contributed by atoms with Crippen LogP contribution in [0.5, 0.6) is 0 Å². The standard InChI is InChI=1S/C12H18NO2/c1-13(2,3)9-10-6-5-7-11(8-10)12(14)15-4/h5-8H,9H2,1-4H3/q+1. The first kappa shape index (κ1) is 11.7. The molecule has 15 heavy (non-hydrogen) atoms. The number of benzene rings is 1. The molecular weight excluding hydrogens is 190 g/mol. The molecule has 0 aliphatic heterocycles. The number of ether oxygens (including phenoxy) is 1. The Labute approximate surface area is 90.9 Å². The van der Waals surface area contributed by atoms with E-state index < -0.39 is 0 Å². The van der Waals surface area contributed by atoms with Crippen LogP contribution in [0.2, 0.25) is 0 Å². The molecule has 0 aliphatic carbocycles. The van der Waals surface area contributed by atoms with E-state index in [2.05, 4.69) is 25.9 Å². The normalized spacial score (nSPS) is 11.2. The molecule has 0 unspecified atom stereocenters. The van der Waals surface area contributed by atoms with Crippen molar-refractivity contribution in [3.05, 3.63) is 35.4 Å². The SMILES string of the molecule is COC(=O)c1cccc(C[N+](C)(C)C)c1. The van der Waals surface area contributed by atoms with Crippen LogP contribution in [0.1, 0.15) is 15.9 Å². The molecule has 0 amide bonds. The number of quaternary nitrogens is 1. The van der Waals surface area contributed by atoms with Gasteiger partial charge in [-0.2, -0.15) is 0 Å². The van der Waals surface area contributed by atoms with Gasteiger partial charge in [0.05, 0.1) is 33.8 Å². The Morgan fingerprint density at radius 1 is 1.33 bits per heavy atom. The predicted octanol–water partition coefficient (Wildman–Crippen LogP) is 1.68. The highest BCUT2D eigenvalue weighted by molar-refractivity contribution is 5.89. The van der Waals surface area contributed by atoms with Gasteiger partial charge in [-0.1, -0.05) is 12.1 Å². The van der Waals surface area contributed by atoms with Crippen molar-refractivity contribution in [1.82, 2.24) is 0 Å². The molecule has 1 aromatic rings. The maximum absolute atomic E-state index is 11.3. The number of rotatable bonds is 3. The molecule has 0 bridgehead atoms. The van der Waals surface area contributed by atoms with E-state index in [-0.39, 0.29) is 5.97 Å². The second kappa shape index (κ2) is 4.45. The summed E-state index contributed by atoms with van der Waals surface area (Å²) in [5, 5.41) is 0.